The first-order valence-electron chi connectivity index (χ1n) is 11.3. The maximum Gasteiger partial charge on any atom is 0.274 e. The highest BCUT2D eigenvalue weighted by Crippen LogP contribution is 2.28. The molecule has 0 aromatic carbocycles. The van der Waals surface area contributed by atoms with Crippen molar-refractivity contribution in [3.05, 3.63) is 46.5 Å². The van der Waals surface area contributed by atoms with Gasteiger partial charge in [-0.2, -0.15) is 9.61 Å². The van der Waals surface area contributed by atoms with Crippen molar-refractivity contribution in [3.63, 3.8) is 0 Å². The topological polar surface area (TPSA) is 126 Å². The molecule has 1 aliphatic rings. The summed E-state index contributed by atoms with van der Waals surface area (Å²) in [4.78, 5) is 30.5. The lowest BCUT2D eigenvalue weighted by Crippen LogP contribution is -2.52. The number of hydrogen-bond donors (Lipinski definition) is 4. The molecule has 0 radical (unpaired) electrons. The molecule has 1 fully saturated rings. The number of nitrogens with one attached hydrogen (secondary N) is 3. The average molecular weight is 454 g/mol. The van der Waals surface area contributed by atoms with E-state index in [0.717, 1.165) is 19.3 Å². The molecule has 0 saturated heterocycles. The van der Waals surface area contributed by atoms with Gasteiger partial charge in [0.25, 0.3) is 11.5 Å². The molecule has 10 nitrogen and oxygen atoms in total. The first-order chi connectivity index (χ1) is 15.7. The van der Waals surface area contributed by atoms with Crippen LogP contribution >= 0.6 is 0 Å². The summed E-state index contributed by atoms with van der Waals surface area (Å²) in [5.74, 6) is 0.668. The number of hydrogen-bond acceptors (Lipinski definition) is 7. The number of nitrogens with zero attached hydrogens (tertiary/aromatic N) is 4. The standard InChI is InChI=1S/C23H31N7O3/c1-14(2)29-11-7-8-16(22(29)32)26-18-12-19(24-4)30-20(28-18)15(13-25-30)21(31)27-17-9-5-6-10-23(17,3)33/h7-8,11-14,17,24,33H,5-6,9-10H2,1-4H3,(H,26,28)(H,27,31)/t17?,23-/m0/s1. The Balaban J connectivity index is 1.68. The third-order valence-electron chi connectivity index (χ3n) is 6.25. The Hall–Kier alpha value is -3.40. The second-order valence-electron chi connectivity index (χ2n) is 9.05. The lowest BCUT2D eigenvalue weighted by Gasteiger charge is -2.37. The fourth-order valence-electron chi connectivity index (χ4n) is 4.30. The van der Waals surface area contributed by atoms with E-state index in [1.54, 1.807) is 42.9 Å². The summed E-state index contributed by atoms with van der Waals surface area (Å²) >= 11 is 0. The van der Waals surface area contributed by atoms with Gasteiger partial charge in [0.1, 0.15) is 22.9 Å². The van der Waals surface area contributed by atoms with Crippen LogP contribution in [0.4, 0.5) is 17.3 Å². The van der Waals surface area contributed by atoms with E-state index in [2.05, 4.69) is 26.0 Å². The monoisotopic (exact) mass is 453 g/mol. The van der Waals surface area contributed by atoms with Crippen LogP contribution in [0.15, 0.2) is 35.4 Å². The van der Waals surface area contributed by atoms with Crippen LogP contribution in [-0.4, -0.2) is 48.9 Å². The molecule has 1 unspecified atom stereocenters. The summed E-state index contributed by atoms with van der Waals surface area (Å²) in [6, 6.07) is 4.90. The van der Waals surface area contributed by atoms with Crippen LogP contribution in [0.25, 0.3) is 5.65 Å². The zero-order valence-corrected chi connectivity index (χ0v) is 19.4. The first-order valence-corrected chi connectivity index (χ1v) is 11.3. The number of pyridine rings is 1. The van der Waals surface area contributed by atoms with E-state index in [1.165, 1.54) is 10.7 Å². The zero-order valence-electron chi connectivity index (χ0n) is 19.4. The molecule has 1 saturated carbocycles. The molecule has 2 atom stereocenters. The lowest BCUT2D eigenvalue weighted by molar-refractivity contribution is -0.00860. The third kappa shape index (κ3) is 4.43. The molecule has 4 N–H and O–H groups in total. The van der Waals surface area contributed by atoms with Crippen LogP contribution in [0.1, 0.15) is 62.9 Å². The molecule has 0 bridgehead atoms. The average Bonchev–Trinajstić information content (AvgIpc) is 3.20. The van der Waals surface area contributed by atoms with Crippen LogP contribution in [0.5, 0.6) is 0 Å². The number of fused-ring (bicyclic) bond motifs is 1. The Bertz CT molecular complexity index is 1230. The molecular weight excluding hydrogens is 422 g/mol. The van der Waals surface area contributed by atoms with E-state index in [-0.39, 0.29) is 23.6 Å². The summed E-state index contributed by atoms with van der Waals surface area (Å²) < 4.78 is 3.17. The van der Waals surface area contributed by atoms with Gasteiger partial charge in [0, 0.05) is 25.4 Å². The molecule has 3 aromatic rings. The molecular formula is C23H31N7O3. The molecule has 176 valence electrons. The summed E-state index contributed by atoms with van der Waals surface area (Å²) in [6.07, 6.45) is 6.47. The van der Waals surface area contributed by atoms with Gasteiger partial charge in [0.05, 0.1) is 17.8 Å². The van der Waals surface area contributed by atoms with Gasteiger partial charge >= 0.3 is 0 Å². The Kier molecular flexibility index (Phi) is 6.11. The van der Waals surface area contributed by atoms with Crippen molar-refractivity contribution in [1.82, 2.24) is 24.5 Å². The first kappa shape index (κ1) is 22.8. The second kappa shape index (κ2) is 8.86. The smallest absolute Gasteiger partial charge is 0.274 e. The van der Waals surface area contributed by atoms with Crippen molar-refractivity contribution >= 4 is 28.9 Å². The van der Waals surface area contributed by atoms with E-state index >= 15 is 0 Å². The summed E-state index contributed by atoms with van der Waals surface area (Å²) in [5.41, 5.74) is -0.0850. The van der Waals surface area contributed by atoms with E-state index in [0.29, 0.717) is 35.0 Å². The lowest BCUT2D eigenvalue weighted by atomic mass is 9.81. The molecule has 0 spiro atoms. The highest BCUT2D eigenvalue weighted by molar-refractivity contribution is 6.00. The van der Waals surface area contributed by atoms with E-state index in [4.69, 9.17) is 0 Å². The van der Waals surface area contributed by atoms with Gasteiger partial charge in [0.15, 0.2) is 5.65 Å². The van der Waals surface area contributed by atoms with Crippen LogP contribution in [-0.2, 0) is 0 Å². The zero-order chi connectivity index (χ0) is 23.8. The largest absolute Gasteiger partial charge is 0.388 e. The third-order valence-corrected chi connectivity index (χ3v) is 6.25. The van der Waals surface area contributed by atoms with Crippen molar-refractivity contribution in [1.29, 1.82) is 0 Å². The van der Waals surface area contributed by atoms with Gasteiger partial charge in [-0.05, 0) is 45.7 Å². The Morgan fingerprint density at radius 2 is 2.12 bits per heavy atom. The number of aromatic nitrogens is 4. The molecule has 0 aliphatic heterocycles. The van der Waals surface area contributed by atoms with Crippen molar-refractivity contribution < 1.29 is 9.90 Å². The number of anilines is 3. The van der Waals surface area contributed by atoms with Gasteiger partial charge in [0.2, 0.25) is 0 Å². The maximum absolute atomic E-state index is 13.1. The van der Waals surface area contributed by atoms with E-state index in [9.17, 15) is 14.7 Å². The van der Waals surface area contributed by atoms with Crippen LogP contribution in [0.3, 0.4) is 0 Å². The summed E-state index contributed by atoms with van der Waals surface area (Å²) in [5, 5.41) is 24.1. The Labute approximate surface area is 192 Å². The minimum absolute atomic E-state index is 0.0182. The molecule has 3 aromatic heterocycles. The summed E-state index contributed by atoms with van der Waals surface area (Å²) in [6.45, 7) is 5.64. The van der Waals surface area contributed by atoms with Gasteiger partial charge in [-0.3, -0.25) is 9.59 Å². The van der Waals surface area contributed by atoms with Crippen LogP contribution < -0.4 is 21.5 Å². The van der Waals surface area contributed by atoms with Crippen molar-refractivity contribution in [3.8, 4) is 0 Å². The maximum atomic E-state index is 13.1. The second-order valence-corrected chi connectivity index (χ2v) is 9.05. The fourth-order valence-corrected chi connectivity index (χ4v) is 4.30. The van der Waals surface area contributed by atoms with Crippen molar-refractivity contribution in [2.45, 2.75) is 64.1 Å². The summed E-state index contributed by atoms with van der Waals surface area (Å²) in [7, 11) is 1.74. The fraction of sp³-hybridized carbons (Fsp3) is 0.478. The minimum Gasteiger partial charge on any atom is -0.388 e. The number of rotatable bonds is 6. The Morgan fingerprint density at radius 3 is 2.82 bits per heavy atom. The van der Waals surface area contributed by atoms with Gasteiger partial charge in [-0.15, -0.1) is 0 Å². The van der Waals surface area contributed by atoms with Gasteiger partial charge in [-0.1, -0.05) is 12.8 Å². The van der Waals surface area contributed by atoms with Gasteiger partial charge in [-0.25, -0.2) is 4.98 Å². The molecule has 33 heavy (non-hydrogen) atoms. The minimum atomic E-state index is -0.948. The van der Waals surface area contributed by atoms with Crippen molar-refractivity contribution in [2.24, 2.45) is 0 Å². The Morgan fingerprint density at radius 1 is 1.33 bits per heavy atom. The SMILES string of the molecule is CNc1cc(Nc2cccn(C(C)C)c2=O)nc2c(C(=O)NC3CCCC[C@]3(C)O)cnn12. The quantitative estimate of drug-likeness (QED) is 0.452. The predicted octanol–water partition coefficient (Wildman–Crippen LogP) is 2.68. The number of carbonyl (C=O) groups excluding carboxylic acids is 1. The van der Waals surface area contributed by atoms with Gasteiger partial charge < -0.3 is 25.6 Å². The van der Waals surface area contributed by atoms with E-state index < -0.39 is 5.60 Å². The van der Waals surface area contributed by atoms with E-state index in [1.807, 2.05) is 13.8 Å². The molecule has 3 heterocycles. The normalized spacial score (nSPS) is 20.7. The molecule has 1 aliphatic carbocycles. The number of aliphatic hydroxyl groups is 1. The molecule has 1 amide bonds. The van der Waals surface area contributed by atoms with Crippen LogP contribution in [0, 0.1) is 0 Å². The number of amides is 1. The highest BCUT2D eigenvalue weighted by Gasteiger charge is 2.36. The predicted molar refractivity (Wildman–Crippen MR) is 127 cm³/mol. The highest BCUT2D eigenvalue weighted by atomic mass is 16.3. The number of carbonyl (C=O) groups is 1. The molecule has 10 heteroatoms. The van der Waals surface area contributed by atoms with Crippen molar-refractivity contribution in [2.75, 3.05) is 17.7 Å². The molecule has 4 rings (SSSR count). The van der Waals surface area contributed by atoms with Crippen LogP contribution in [0.2, 0.25) is 0 Å².